The quantitative estimate of drug-likeness (QED) is 0.638. The molecule has 1 unspecified atom stereocenters. The van der Waals surface area contributed by atoms with Gasteiger partial charge in [0.1, 0.15) is 4.21 Å². The van der Waals surface area contributed by atoms with Crippen LogP contribution in [0, 0.1) is 16.0 Å². The lowest BCUT2D eigenvalue weighted by atomic mass is 10.1. The lowest BCUT2D eigenvalue weighted by Crippen LogP contribution is -2.28. The van der Waals surface area contributed by atoms with E-state index < -0.39 is 14.9 Å². The Bertz CT molecular complexity index is 626. The average Bonchev–Trinajstić information content (AvgIpc) is 3.05. The summed E-state index contributed by atoms with van der Waals surface area (Å²) in [6.07, 6.45) is 1.79. The third-order valence-electron chi connectivity index (χ3n) is 3.64. The highest BCUT2D eigenvalue weighted by atomic mass is 32.2. The SMILES string of the molecule is CCNc1sc(S(=O)(=O)N2CCC(CC)C2)cc1[N+](=O)[O-]. The monoisotopic (exact) mass is 333 g/mol. The van der Waals surface area contributed by atoms with E-state index in [1.807, 2.05) is 13.8 Å². The van der Waals surface area contributed by atoms with Gasteiger partial charge in [0, 0.05) is 25.7 Å². The predicted molar refractivity (Wildman–Crippen MR) is 82.3 cm³/mol. The van der Waals surface area contributed by atoms with Gasteiger partial charge in [-0.15, -0.1) is 0 Å². The molecule has 0 amide bonds. The molecule has 21 heavy (non-hydrogen) atoms. The van der Waals surface area contributed by atoms with Crippen molar-refractivity contribution in [1.29, 1.82) is 0 Å². The Labute approximate surface area is 128 Å². The first-order valence-electron chi connectivity index (χ1n) is 6.92. The number of rotatable bonds is 6. The fraction of sp³-hybridized carbons (Fsp3) is 0.667. The van der Waals surface area contributed by atoms with E-state index in [0.29, 0.717) is 30.6 Å². The second-order valence-electron chi connectivity index (χ2n) is 4.99. The maximum atomic E-state index is 12.6. The van der Waals surface area contributed by atoms with Gasteiger partial charge in [-0.1, -0.05) is 24.7 Å². The van der Waals surface area contributed by atoms with Gasteiger partial charge in [-0.05, 0) is 19.3 Å². The van der Waals surface area contributed by atoms with E-state index in [4.69, 9.17) is 0 Å². The van der Waals surface area contributed by atoms with Crippen molar-refractivity contribution in [2.24, 2.45) is 5.92 Å². The van der Waals surface area contributed by atoms with Crippen LogP contribution < -0.4 is 5.32 Å². The summed E-state index contributed by atoms with van der Waals surface area (Å²) < 4.78 is 26.6. The van der Waals surface area contributed by atoms with Crippen LogP contribution in [0.4, 0.5) is 10.7 Å². The van der Waals surface area contributed by atoms with Crippen LogP contribution in [0.2, 0.25) is 0 Å². The Morgan fingerprint density at radius 3 is 2.76 bits per heavy atom. The first kappa shape index (κ1) is 16.2. The van der Waals surface area contributed by atoms with E-state index in [1.165, 1.54) is 4.31 Å². The Kier molecular flexibility index (Phi) is 4.84. The Hall–Kier alpha value is -1.19. The molecule has 0 radical (unpaired) electrons. The van der Waals surface area contributed by atoms with Gasteiger partial charge in [0.15, 0.2) is 5.00 Å². The molecule has 1 atom stereocenters. The molecular formula is C12H19N3O4S2. The molecule has 0 bridgehead atoms. The van der Waals surface area contributed by atoms with Crippen LogP contribution in [-0.4, -0.2) is 37.3 Å². The summed E-state index contributed by atoms with van der Waals surface area (Å²) in [4.78, 5) is 10.5. The highest BCUT2D eigenvalue weighted by Gasteiger charge is 2.35. The zero-order valence-corrected chi connectivity index (χ0v) is 13.7. The largest absolute Gasteiger partial charge is 0.372 e. The van der Waals surface area contributed by atoms with Crippen LogP contribution in [0.1, 0.15) is 26.7 Å². The number of nitrogens with zero attached hydrogens (tertiary/aromatic N) is 2. The molecule has 1 fully saturated rings. The summed E-state index contributed by atoms with van der Waals surface area (Å²) in [5.41, 5.74) is -0.174. The van der Waals surface area contributed by atoms with Gasteiger partial charge in [0.25, 0.3) is 10.0 Å². The summed E-state index contributed by atoms with van der Waals surface area (Å²) in [6, 6.07) is 1.16. The third-order valence-corrected chi connectivity index (χ3v) is 7.04. The molecule has 118 valence electrons. The Morgan fingerprint density at radius 2 is 2.24 bits per heavy atom. The van der Waals surface area contributed by atoms with Crippen molar-refractivity contribution in [1.82, 2.24) is 4.31 Å². The normalized spacial score (nSPS) is 19.8. The van der Waals surface area contributed by atoms with Gasteiger partial charge in [0.05, 0.1) is 4.92 Å². The maximum absolute atomic E-state index is 12.6. The van der Waals surface area contributed by atoms with Gasteiger partial charge >= 0.3 is 5.69 Å². The van der Waals surface area contributed by atoms with Crippen molar-refractivity contribution in [3.63, 3.8) is 0 Å². The zero-order chi connectivity index (χ0) is 15.6. The van der Waals surface area contributed by atoms with Gasteiger partial charge in [-0.2, -0.15) is 4.31 Å². The Balaban J connectivity index is 2.32. The lowest BCUT2D eigenvalue weighted by molar-refractivity contribution is -0.383. The van der Waals surface area contributed by atoms with Crippen molar-refractivity contribution >= 4 is 32.0 Å². The molecule has 1 aliphatic heterocycles. The molecule has 2 rings (SSSR count). The predicted octanol–water partition coefficient (Wildman–Crippen LogP) is 2.51. The second-order valence-corrected chi connectivity index (χ2v) is 8.21. The lowest BCUT2D eigenvalue weighted by Gasteiger charge is -2.14. The molecule has 1 saturated heterocycles. The fourth-order valence-corrected chi connectivity index (χ4v) is 5.47. The molecule has 1 aliphatic rings. The molecule has 9 heteroatoms. The number of thiophene rings is 1. The topological polar surface area (TPSA) is 92.6 Å². The highest BCUT2D eigenvalue weighted by molar-refractivity contribution is 7.91. The third kappa shape index (κ3) is 3.19. The van der Waals surface area contributed by atoms with Crippen LogP contribution in [0.25, 0.3) is 0 Å². The summed E-state index contributed by atoms with van der Waals surface area (Å²) in [6.45, 7) is 5.34. The number of hydrogen-bond donors (Lipinski definition) is 1. The van der Waals surface area contributed by atoms with E-state index in [0.717, 1.165) is 30.2 Å². The molecule has 1 N–H and O–H groups in total. The van der Waals surface area contributed by atoms with Gasteiger partial charge in [0.2, 0.25) is 0 Å². The molecule has 0 spiro atoms. The molecule has 1 aromatic heterocycles. The second kappa shape index (κ2) is 6.29. The summed E-state index contributed by atoms with van der Waals surface area (Å²) >= 11 is 0.933. The minimum Gasteiger partial charge on any atom is -0.372 e. The number of nitro groups is 1. The van der Waals surface area contributed by atoms with Crippen molar-refractivity contribution in [3.05, 3.63) is 16.2 Å². The standard InChI is InChI=1S/C12H19N3O4S2/c1-3-9-5-6-14(8-9)21(18,19)11-7-10(15(16)17)12(20-11)13-4-2/h7,9,13H,3-6,8H2,1-2H3. The summed E-state index contributed by atoms with van der Waals surface area (Å²) in [7, 11) is -3.63. The molecule has 2 heterocycles. The smallest absolute Gasteiger partial charge is 0.304 e. The van der Waals surface area contributed by atoms with Gasteiger partial charge < -0.3 is 5.32 Å². The fourth-order valence-electron chi connectivity index (χ4n) is 2.39. The number of sulfonamides is 1. The number of hydrogen-bond acceptors (Lipinski definition) is 6. The van der Waals surface area contributed by atoms with Crippen molar-refractivity contribution in [3.8, 4) is 0 Å². The Morgan fingerprint density at radius 1 is 1.52 bits per heavy atom. The summed E-state index contributed by atoms with van der Waals surface area (Å²) in [5, 5.41) is 14.2. The number of nitrogens with one attached hydrogen (secondary N) is 1. The molecular weight excluding hydrogens is 314 g/mol. The van der Waals surface area contributed by atoms with Crippen LogP contribution in [0.5, 0.6) is 0 Å². The molecule has 0 aromatic carbocycles. The first-order chi connectivity index (χ1) is 9.90. The van der Waals surface area contributed by atoms with E-state index >= 15 is 0 Å². The average molecular weight is 333 g/mol. The van der Waals surface area contributed by atoms with Gasteiger partial charge in [-0.3, -0.25) is 10.1 Å². The van der Waals surface area contributed by atoms with Crippen molar-refractivity contribution < 1.29 is 13.3 Å². The van der Waals surface area contributed by atoms with Crippen LogP contribution >= 0.6 is 11.3 Å². The zero-order valence-electron chi connectivity index (χ0n) is 12.0. The van der Waals surface area contributed by atoms with E-state index in [-0.39, 0.29) is 9.90 Å². The van der Waals surface area contributed by atoms with E-state index in [1.54, 1.807) is 0 Å². The van der Waals surface area contributed by atoms with E-state index in [2.05, 4.69) is 5.32 Å². The molecule has 0 saturated carbocycles. The molecule has 0 aliphatic carbocycles. The van der Waals surface area contributed by atoms with Crippen LogP contribution in [0.3, 0.4) is 0 Å². The number of anilines is 1. The van der Waals surface area contributed by atoms with Crippen LogP contribution in [0.15, 0.2) is 10.3 Å². The first-order valence-corrected chi connectivity index (χ1v) is 9.18. The summed E-state index contributed by atoms with van der Waals surface area (Å²) in [5.74, 6) is 0.378. The van der Waals surface area contributed by atoms with E-state index in [9.17, 15) is 18.5 Å². The maximum Gasteiger partial charge on any atom is 0.304 e. The minimum absolute atomic E-state index is 0.0434. The van der Waals surface area contributed by atoms with Crippen molar-refractivity contribution in [2.45, 2.75) is 30.9 Å². The van der Waals surface area contributed by atoms with Crippen molar-refractivity contribution in [2.75, 3.05) is 25.0 Å². The van der Waals surface area contributed by atoms with Crippen LogP contribution in [-0.2, 0) is 10.0 Å². The van der Waals surface area contributed by atoms with Gasteiger partial charge in [-0.25, -0.2) is 8.42 Å². The molecule has 7 nitrogen and oxygen atoms in total. The minimum atomic E-state index is -3.63. The molecule has 1 aromatic rings. The highest BCUT2D eigenvalue weighted by Crippen LogP contribution is 2.39.